The Bertz CT molecular complexity index is 408. The lowest BCUT2D eigenvalue weighted by Gasteiger charge is -2.04. The van der Waals surface area contributed by atoms with Crippen molar-refractivity contribution in [3.05, 3.63) is 51.8 Å². The van der Waals surface area contributed by atoms with Gasteiger partial charge in [0.2, 0.25) is 0 Å². The second-order valence-electron chi connectivity index (χ2n) is 3.79. The highest BCUT2D eigenvalue weighted by Gasteiger charge is 1.99. The van der Waals surface area contributed by atoms with Gasteiger partial charge in [-0.05, 0) is 49.6 Å². The standard InChI is InChI=1S/C14H17ClO.C2H6/c1-10-8-13(9-14(15)12(10)3)7-5-6-11(2)16-4;1-2/h5-9H,1-4H3;1-2H3/b7-5+,11-6-;. The molecule has 0 atom stereocenters. The zero-order chi connectivity index (χ0) is 14.1. The molecule has 1 aromatic carbocycles. The van der Waals surface area contributed by atoms with Gasteiger partial charge in [0, 0.05) is 5.02 Å². The van der Waals surface area contributed by atoms with Crippen LogP contribution in [0.5, 0.6) is 0 Å². The number of aryl methyl sites for hydroxylation is 1. The molecular weight excluding hydrogens is 244 g/mol. The summed E-state index contributed by atoms with van der Waals surface area (Å²) in [6, 6.07) is 4.09. The van der Waals surface area contributed by atoms with Crippen LogP contribution in [0.3, 0.4) is 0 Å². The molecule has 0 aliphatic carbocycles. The predicted molar refractivity (Wildman–Crippen MR) is 82.1 cm³/mol. The number of rotatable bonds is 3. The third-order valence-corrected chi connectivity index (χ3v) is 2.96. The molecule has 0 aliphatic heterocycles. The fourth-order valence-electron chi connectivity index (χ4n) is 1.30. The van der Waals surface area contributed by atoms with Gasteiger partial charge < -0.3 is 4.74 Å². The molecule has 18 heavy (non-hydrogen) atoms. The normalized spacial score (nSPS) is 11.2. The molecular formula is C16H23ClO. The van der Waals surface area contributed by atoms with E-state index in [1.165, 1.54) is 5.56 Å². The van der Waals surface area contributed by atoms with Crippen LogP contribution in [0.25, 0.3) is 6.08 Å². The molecule has 0 saturated carbocycles. The molecule has 1 aromatic rings. The van der Waals surface area contributed by atoms with Crippen molar-refractivity contribution in [1.82, 2.24) is 0 Å². The Balaban J connectivity index is 0.00000137. The molecule has 1 rings (SSSR count). The zero-order valence-electron chi connectivity index (χ0n) is 12.2. The van der Waals surface area contributed by atoms with Crippen molar-refractivity contribution in [2.24, 2.45) is 0 Å². The van der Waals surface area contributed by atoms with Crippen molar-refractivity contribution in [1.29, 1.82) is 0 Å². The summed E-state index contributed by atoms with van der Waals surface area (Å²) in [5.74, 6) is 0.881. The Morgan fingerprint density at radius 1 is 1.22 bits per heavy atom. The minimum Gasteiger partial charge on any atom is -0.501 e. The lowest BCUT2D eigenvalue weighted by molar-refractivity contribution is 0.294. The molecule has 0 fully saturated rings. The van der Waals surface area contributed by atoms with E-state index in [1.54, 1.807) is 7.11 Å². The van der Waals surface area contributed by atoms with E-state index in [0.717, 1.165) is 21.9 Å². The first-order chi connectivity index (χ1) is 8.54. The van der Waals surface area contributed by atoms with E-state index in [4.69, 9.17) is 16.3 Å². The van der Waals surface area contributed by atoms with Crippen molar-refractivity contribution >= 4 is 17.7 Å². The molecule has 0 bridgehead atoms. The summed E-state index contributed by atoms with van der Waals surface area (Å²) in [7, 11) is 1.66. The Kier molecular flexibility index (Phi) is 8.23. The van der Waals surface area contributed by atoms with Crippen LogP contribution in [0.4, 0.5) is 0 Å². The number of halogens is 1. The second-order valence-corrected chi connectivity index (χ2v) is 4.19. The van der Waals surface area contributed by atoms with Crippen LogP contribution < -0.4 is 0 Å². The fraction of sp³-hybridized carbons (Fsp3) is 0.375. The van der Waals surface area contributed by atoms with Crippen molar-refractivity contribution in [3.8, 4) is 0 Å². The van der Waals surface area contributed by atoms with Gasteiger partial charge >= 0.3 is 0 Å². The summed E-state index contributed by atoms with van der Waals surface area (Å²) in [5.41, 5.74) is 3.45. The Morgan fingerprint density at radius 2 is 1.83 bits per heavy atom. The van der Waals surface area contributed by atoms with Gasteiger partial charge in [-0.15, -0.1) is 0 Å². The van der Waals surface area contributed by atoms with E-state index in [9.17, 15) is 0 Å². The molecule has 0 amide bonds. The van der Waals surface area contributed by atoms with Crippen LogP contribution in [0, 0.1) is 13.8 Å². The maximum atomic E-state index is 6.11. The van der Waals surface area contributed by atoms with E-state index in [-0.39, 0.29) is 0 Å². The number of methoxy groups -OCH3 is 1. The molecule has 0 unspecified atom stereocenters. The average molecular weight is 267 g/mol. The Morgan fingerprint density at radius 3 is 2.33 bits per heavy atom. The van der Waals surface area contributed by atoms with Gasteiger partial charge in [-0.2, -0.15) is 0 Å². The third-order valence-electron chi connectivity index (χ3n) is 2.57. The predicted octanol–water partition coefficient (Wildman–Crippen LogP) is 5.55. The second kappa shape index (κ2) is 8.82. The van der Waals surface area contributed by atoms with Crippen molar-refractivity contribution in [3.63, 3.8) is 0 Å². The van der Waals surface area contributed by atoms with E-state index in [0.29, 0.717) is 0 Å². The van der Waals surface area contributed by atoms with Gasteiger partial charge in [0.1, 0.15) is 0 Å². The van der Waals surface area contributed by atoms with E-state index in [1.807, 2.05) is 52.0 Å². The largest absolute Gasteiger partial charge is 0.501 e. The fourth-order valence-corrected chi connectivity index (χ4v) is 1.58. The Labute approximate surface area is 116 Å². The molecule has 1 nitrogen and oxygen atoms in total. The highest BCUT2D eigenvalue weighted by molar-refractivity contribution is 6.31. The number of ether oxygens (including phenoxy) is 1. The number of benzene rings is 1. The van der Waals surface area contributed by atoms with E-state index < -0.39 is 0 Å². The molecule has 0 N–H and O–H groups in total. The summed E-state index contributed by atoms with van der Waals surface area (Å²) in [6.07, 6.45) is 5.89. The highest BCUT2D eigenvalue weighted by atomic mass is 35.5. The van der Waals surface area contributed by atoms with Crippen LogP contribution in [0.1, 0.15) is 37.5 Å². The van der Waals surface area contributed by atoms with Crippen LogP contribution >= 0.6 is 11.6 Å². The smallest absolute Gasteiger partial charge is 0.0924 e. The monoisotopic (exact) mass is 266 g/mol. The summed E-state index contributed by atoms with van der Waals surface area (Å²) < 4.78 is 5.04. The van der Waals surface area contributed by atoms with Crippen LogP contribution in [-0.4, -0.2) is 7.11 Å². The molecule has 2 heteroatoms. The summed E-state index contributed by atoms with van der Waals surface area (Å²) >= 11 is 6.11. The van der Waals surface area contributed by atoms with Gasteiger partial charge in [-0.25, -0.2) is 0 Å². The van der Waals surface area contributed by atoms with Gasteiger partial charge in [0.25, 0.3) is 0 Å². The van der Waals surface area contributed by atoms with Gasteiger partial charge in [0.15, 0.2) is 0 Å². The first kappa shape index (κ1) is 16.8. The number of hydrogen-bond donors (Lipinski definition) is 0. The molecule has 0 aromatic heterocycles. The average Bonchev–Trinajstić information content (AvgIpc) is 2.38. The lowest BCUT2D eigenvalue weighted by atomic mass is 10.1. The van der Waals surface area contributed by atoms with Crippen LogP contribution in [0.2, 0.25) is 5.02 Å². The molecule has 0 radical (unpaired) electrons. The first-order valence-corrected chi connectivity index (χ1v) is 6.58. The van der Waals surface area contributed by atoms with Gasteiger partial charge in [-0.3, -0.25) is 0 Å². The topological polar surface area (TPSA) is 9.23 Å². The van der Waals surface area contributed by atoms with Crippen LogP contribution in [-0.2, 0) is 4.74 Å². The Hall–Kier alpha value is -1.21. The maximum Gasteiger partial charge on any atom is 0.0924 e. The minimum atomic E-state index is 0.812. The number of hydrogen-bond acceptors (Lipinski definition) is 1. The molecule has 0 aliphatic rings. The quantitative estimate of drug-likeness (QED) is 0.515. The molecule has 100 valence electrons. The summed E-state index contributed by atoms with van der Waals surface area (Å²) in [4.78, 5) is 0. The van der Waals surface area contributed by atoms with E-state index in [2.05, 4.69) is 13.0 Å². The van der Waals surface area contributed by atoms with Crippen molar-refractivity contribution < 1.29 is 4.74 Å². The molecule has 0 spiro atoms. The SMILES string of the molecule is CC.CO/C(C)=C\C=C\c1cc(C)c(C)c(Cl)c1. The lowest BCUT2D eigenvalue weighted by Crippen LogP contribution is -1.84. The van der Waals surface area contributed by atoms with Crippen LogP contribution in [0.15, 0.2) is 30.0 Å². The van der Waals surface area contributed by atoms with Crippen molar-refractivity contribution in [2.75, 3.05) is 7.11 Å². The third kappa shape index (κ3) is 5.42. The zero-order valence-corrected chi connectivity index (χ0v) is 12.9. The summed E-state index contributed by atoms with van der Waals surface area (Å²) in [5, 5.41) is 0.812. The van der Waals surface area contributed by atoms with Gasteiger partial charge in [-0.1, -0.05) is 43.7 Å². The summed E-state index contributed by atoms with van der Waals surface area (Å²) in [6.45, 7) is 10.0. The molecule has 0 heterocycles. The van der Waals surface area contributed by atoms with Crippen molar-refractivity contribution in [2.45, 2.75) is 34.6 Å². The molecule has 0 saturated heterocycles. The first-order valence-electron chi connectivity index (χ1n) is 6.20. The van der Waals surface area contributed by atoms with Gasteiger partial charge in [0.05, 0.1) is 12.9 Å². The highest BCUT2D eigenvalue weighted by Crippen LogP contribution is 2.21. The van der Waals surface area contributed by atoms with E-state index >= 15 is 0 Å². The number of allylic oxidation sites excluding steroid dienone is 3. The minimum absolute atomic E-state index is 0.812. The maximum absolute atomic E-state index is 6.11.